The Labute approximate surface area is 330 Å². The number of nitriles is 1. The molecule has 10 rings (SSSR count). The zero-order valence-electron chi connectivity index (χ0n) is 32.0. The molecule has 4 heteroatoms. The lowest BCUT2D eigenvalue weighted by molar-refractivity contribution is 0.0899. The van der Waals surface area contributed by atoms with E-state index in [0.717, 1.165) is 62.3 Å². The van der Waals surface area contributed by atoms with E-state index in [1.54, 1.807) is 0 Å². The summed E-state index contributed by atoms with van der Waals surface area (Å²) in [6.45, 7) is 4.97. The Kier molecular flexibility index (Phi) is 8.29. The Morgan fingerprint density at radius 1 is 0.536 bits per heavy atom. The average Bonchev–Trinajstić information content (AvgIpc) is 3.54. The Bertz CT molecular complexity index is 2530. The molecule has 7 aromatic rings. The largest absolute Gasteiger partial charge is 0.208 e. The lowest BCUT2D eigenvalue weighted by Crippen LogP contribution is -2.38. The molecule has 5 atom stereocenters. The SMILES string of the molecule is CC1CC2C[C@H](C1)CC(C)(c1ccc(C3(c4ccccc4)c4ccc(C#N)cc4-c4cccc(-c5nc(-c6ccccc6)nc(-c6ccccc6)n5)c43)cc1)C2. The van der Waals surface area contributed by atoms with Gasteiger partial charge < -0.3 is 0 Å². The molecule has 0 saturated heterocycles. The molecule has 0 N–H and O–H groups in total. The van der Waals surface area contributed by atoms with E-state index in [-0.39, 0.29) is 5.41 Å². The maximum absolute atomic E-state index is 10.2. The van der Waals surface area contributed by atoms with Gasteiger partial charge in [-0.2, -0.15) is 5.26 Å². The van der Waals surface area contributed by atoms with Gasteiger partial charge in [-0.1, -0.05) is 153 Å². The van der Waals surface area contributed by atoms with Crippen molar-refractivity contribution in [3.63, 3.8) is 0 Å². The van der Waals surface area contributed by atoms with Gasteiger partial charge in [0.2, 0.25) is 0 Å². The van der Waals surface area contributed by atoms with Crippen LogP contribution in [0, 0.1) is 29.1 Å². The average molecular weight is 725 g/mol. The highest BCUT2D eigenvalue weighted by Gasteiger charge is 2.49. The van der Waals surface area contributed by atoms with Crippen LogP contribution >= 0.6 is 0 Å². The Hall–Kier alpha value is -6.18. The van der Waals surface area contributed by atoms with Crippen LogP contribution in [0.5, 0.6) is 0 Å². The van der Waals surface area contributed by atoms with Gasteiger partial charge in [0, 0.05) is 16.7 Å². The van der Waals surface area contributed by atoms with Crippen LogP contribution in [-0.4, -0.2) is 15.0 Å². The minimum absolute atomic E-state index is 0.164. The zero-order valence-corrected chi connectivity index (χ0v) is 32.0. The predicted molar refractivity (Wildman–Crippen MR) is 225 cm³/mol. The van der Waals surface area contributed by atoms with Crippen molar-refractivity contribution in [2.75, 3.05) is 0 Å². The highest BCUT2D eigenvalue weighted by molar-refractivity contribution is 5.92. The maximum atomic E-state index is 10.2. The summed E-state index contributed by atoms with van der Waals surface area (Å²) in [6, 6.07) is 56.0. The van der Waals surface area contributed by atoms with E-state index in [9.17, 15) is 5.26 Å². The van der Waals surface area contributed by atoms with Crippen molar-refractivity contribution < 1.29 is 0 Å². The minimum Gasteiger partial charge on any atom is -0.208 e. The number of hydrogen-bond acceptors (Lipinski definition) is 4. The van der Waals surface area contributed by atoms with Crippen LogP contribution in [0.25, 0.3) is 45.3 Å². The summed E-state index contributed by atoms with van der Waals surface area (Å²) in [5.74, 6) is 4.34. The quantitative estimate of drug-likeness (QED) is 0.171. The van der Waals surface area contributed by atoms with E-state index >= 15 is 0 Å². The van der Waals surface area contributed by atoms with E-state index in [2.05, 4.69) is 129 Å². The van der Waals surface area contributed by atoms with Gasteiger partial charge in [0.15, 0.2) is 17.5 Å². The number of nitrogens with zero attached hydrogens (tertiary/aromatic N) is 4. The van der Waals surface area contributed by atoms with Gasteiger partial charge in [0.05, 0.1) is 17.0 Å². The van der Waals surface area contributed by atoms with Gasteiger partial charge in [-0.05, 0) is 106 Å². The molecule has 0 spiro atoms. The van der Waals surface area contributed by atoms with Gasteiger partial charge in [0.1, 0.15) is 0 Å². The molecular formula is C52H44N4. The van der Waals surface area contributed by atoms with Crippen LogP contribution in [0.4, 0.5) is 0 Å². The second kappa shape index (κ2) is 13.5. The van der Waals surface area contributed by atoms with Crippen LogP contribution in [0.1, 0.15) is 79.3 Å². The fraction of sp³-hybridized carbons (Fsp3) is 0.231. The van der Waals surface area contributed by atoms with Crippen molar-refractivity contribution in [2.24, 2.45) is 17.8 Å². The van der Waals surface area contributed by atoms with E-state index in [1.165, 1.54) is 43.2 Å². The number of aromatic nitrogens is 3. The molecule has 1 aromatic heterocycles. The van der Waals surface area contributed by atoms with Gasteiger partial charge in [-0.3, -0.25) is 0 Å². The first-order chi connectivity index (χ1) is 27.4. The number of fused-ring (bicyclic) bond motifs is 5. The second-order valence-corrected chi connectivity index (χ2v) is 16.8. The molecule has 1 heterocycles. The number of benzene rings is 6. The van der Waals surface area contributed by atoms with E-state index < -0.39 is 5.41 Å². The first kappa shape index (κ1) is 34.3. The number of rotatable bonds is 6. The van der Waals surface area contributed by atoms with Crippen molar-refractivity contribution in [3.05, 3.63) is 185 Å². The van der Waals surface area contributed by atoms with Crippen molar-refractivity contribution in [1.82, 2.24) is 15.0 Å². The van der Waals surface area contributed by atoms with Crippen molar-refractivity contribution in [1.29, 1.82) is 5.26 Å². The lowest BCUT2D eigenvalue weighted by atomic mass is 9.57. The Morgan fingerprint density at radius 3 is 1.68 bits per heavy atom. The molecular weight excluding hydrogens is 681 g/mol. The molecule has 2 fully saturated rings. The standard InChI is InChI=1S/C52H44N4/c1-34-27-36-29-37(28-34)32-51(2,31-36)40-22-24-42(25-23-40)52(41-17-10-5-11-18-41)46-26-21-35(33-53)30-45(46)43-19-12-20-44(47(43)52)50-55-48(38-13-6-3-7-14-38)54-49(56-50)39-15-8-4-9-16-39/h3-26,30,34,36-37H,27-29,31-32H2,1-2H3/t34?,36-,37?,51?,52?/m0/s1. The zero-order chi connectivity index (χ0) is 37.9. The van der Waals surface area contributed by atoms with Crippen LogP contribution in [0.2, 0.25) is 0 Å². The lowest BCUT2D eigenvalue weighted by Gasteiger charge is -2.47. The third-order valence-corrected chi connectivity index (χ3v) is 13.1. The molecule has 0 radical (unpaired) electrons. The van der Waals surface area contributed by atoms with Crippen molar-refractivity contribution in [2.45, 2.75) is 56.8 Å². The molecule has 56 heavy (non-hydrogen) atoms. The highest BCUT2D eigenvalue weighted by Crippen LogP contribution is 2.59. The monoisotopic (exact) mass is 724 g/mol. The molecule has 0 amide bonds. The van der Waals surface area contributed by atoms with Crippen molar-refractivity contribution in [3.8, 4) is 51.4 Å². The molecule has 6 aromatic carbocycles. The normalized spacial score (nSPS) is 23.5. The topological polar surface area (TPSA) is 62.5 Å². The summed E-state index contributed by atoms with van der Waals surface area (Å²) >= 11 is 0. The predicted octanol–water partition coefficient (Wildman–Crippen LogP) is 12.2. The maximum Gasteiger partial charge on any atom is 0.164 e. The van der Waals surface area contributed by atoms with E-state index in [0.29, 0.717) is 23.0 Å². The first-order valence-electron chi connectivity index (χ1n) is 20.2. The summed E-state index contributed by atoms with van der Waals surface area (Å²) in [4.78, 5) is 15.6. The van der Waals surface area contributed by atoms with Crippen molar-refractivity contribution >= 4 is 0 Å². The summed E-state index contributed by atoms with van der Waals surface area (Å²) < 4.78 is 0. The molecule has 2 bridgehead atoms. The molecule has 4 nitrogen and oxygen atoms in total. The smallest absolute Gasteiger partial charge is 0.164 e. The Morgan fingerprint density at radius 2 is 1.07 bits per heavy atom. The van der Waals surface area contributed by atoms with E-state index in [4.69, 9.17) is 15.0 Å². The summed E-state index contributed by atoms with van der Waals surface area (Å²) in [7, 11) is 0. The third-order valence-electron chi connectivity index (χ3n) is 13.1. The molecule has 272 valence electrons. The molecule has 3 aliphatic rings. The molecule has 0 aliphatic heterocycles. The van der Waals surface area contributed by atoms with Crippen LogP contribution in [-0.2, 0) is 10.8 Å². The van der Waals surface area contributed by atoms with Crippen LogP contribution in [0.15, 0.2) is 152 Å². The van der Waals surface area contributed by atoms with Crippen LogP contribution < -0.4 is 0 Å². The molecule has 3 aliphatic carbocycles. The first-order valence-corrected chi connectivity index (χ1v) is 20.2. The Balaban J connectivity index is 1.22. The van der Waals surface area contributed by atoms with Crippen LogP contribution in [0.3, 0.4) is 0 Å². The second-order valence-electron chi connectivity index (χ2n) is 16.8. The van der Waals surface area contributed by atoms with Gasteiger partial charge >= 0.3 is 0 Å². The third kappa shape index (κ3) is 5.60. The summed E-state index contributed by atoms with van der Waals surface area (Å²) in [5, 5.41) is 10.2. The summed E-state index contributed by atoms with van der Waals surface area (Å²) in [6.07, 6.45) is 6.63. The highest BCUT2D eigenvalue weighted by atomic mass is 15.0. The minimum atomic E-state index is -0.707. The van der Waals surface area contributed by atoms with Gasteiger partial charge in [-0.25, -0.2) is 15.0 Å². The summed E-state index contributed by atoms with van der Waals surface area (Å²) in [5.41, 5.74) is 11.1. The number of hydrogen-bond donors (Lipinski definition) is 0. The molecule has 2 saturated carbocycles. The van der Waals surface area contributed by atoms with E-state index in [1.807, 2.05) is 42.5 Å². The van der Waals surface area contributed by atoms with Gasteiger partial charge in [-0.15, -0.1) is 0 Å². The fourth-order valence-electron chi connectivity index (χ4n) is 11.0. The van der Waals surface area contributed by atoms with Gasteiger partial charge in [0.25, 0.3) is 0 Å². The fourth-order valence-corrected chi connectivity index (χ4v) is 11.0. The molecule has 4 unspecified atom stereocenters.